The van der Waals surface area contributed by atoms with Gasteiger partial charge in [-0.05, 0) is 18.4 Å². The lowest BCUT2D eigenvalue weighted by Gasteiger charge is -2.54. The van der Waals surface area contributed by atoms with E-state index in [-0.39, 0.29) is 17.4 Å². The van der Waals surface area contributed by atoms with Crippen LogP contribution in [0.3, 0.4) is 0 Å². The molecule has 1 heterocycles. The van der Waals surface area contributed by atoms with Crippen molar-refractivity contribution in [3.05, 3.63) is 35.9 Å². The Kier molecular flexibility index (Phi) is 1.49. The van der Waals surface area contributed by atoms with Crippen molar-refractivity contribution in [3.8, 4) is 0 Å². The van der Waals surface area contributed by atoms with Gasteiger partial charge in [0.05, 0.1) is 11.5 Å². The molecule has 2 aliphatic rings. The lowest BCUT2D eigenvalue weighted by atomic mass is 9.57. The van der Waals surface area contributed by atoms with E-state index in [0.29, 0.717) is 0 Å². The summed E-state index contributed by atoms with van der Waals surface area (Å²) >= 11 is 0. The summed E-state index contributed by atoms with van der Waals surface area (Å²) in [7, 11) is 0. The fourth-order valence-corrected chi connectivity index (χ4v) is 2.59. The Hall–Kier alpha value is -1.31. The zero-order valence-corrected chi connectivity index (χ0v) is 7.99. The minimum Gasteiger partial charge on any atom is -0.348 e. The third kappa shape index (κ3) is 0.834. The number of carbonyl (C=O) groups is 1. The average molecular weight is 187 g/mol. The van der Waals surface area contributed by atoms with Crippen molar-refractivity contribution in [2.45, 2.75) is 25.3 Å². The van der Waals surface area contributed by atoms with Crippen molar-refractivity contribution in [1.82, 2.24) is 5.32 Å². The van der Waals surface area contributed by atoms with Crippen LogP contribution in [0.15, 0.2) is 30.3 Å². The third-order valence-electron chi connectivity index (χ3n) is 3.66. The summed E-state index contributed by atoms with van der Waals surface area (Å²) in [5.74, 6) is 0.262. The Labute approximate surface area is 83.3 Å². The van der Waals surface area contributed by atoms with Gasteiger partial charge < -0.3 is 5.32 Å². The first-order valence-electron chi connectivity index (χ1n) is 5.19. The lowest BCUT2D eigenvalue weighted by molar-refractivity contribution is -0.155. The van der Waals surface area contributed by atoms with Gasteiger partial charge in [-0.2, -0.15) is 0 Å². The predicted molar refractivity (Wildman–Crippen MR) is 53.6 cm³/mol. The van der Waals surface area contributed by atoms with Gasteiger partial charge in [-0.1, -0.05) is 36.8 Å². The Morgan fingerprint density at radius 3 is 2.43 bits per heavy atom. The molecule has 0 bridgehead atoms. The predicted octanol–water partition coefficient (Wildman–Crippen LogP) is 2.03. The van der Waals surface area contributed by atoms with E-state index in [0.717, 1.165) is 12.8 Å². The van der Waals surface area contributed by atoms with E-state index in [1.807, 2.05) is 18.2 Å². The Bertz CT molecular complexity index is 367. The van der Waals surface area contributed by atoms with Gasteiger partial charge in [-0.15, -0.1) is 0 Å². The molecule has 2 nitrogen and oxygen atoms in total. The van der Waals surface area contributed by atoms with E-state index >= 15 is 0 Å². The molecular formula is C12H13NO. The highest BCUT2D eigenvalue weighted by Gasteiger charge is 2.58. The number of β-lactam (4-membered cyclic amide) rings is 1. The first-order valence-corrected chi connectivity index (χ1v) is 5.19. The molecule has 1 aromatic carbocycles. The zero-order chi connectivity index (χ0) is 9.60. The van der Waals surface area contributed by atoms with Gasteiger partial charge in [0.15, 0.2) is 0 Å². The van der Waals surface area contributed by atoms with E-state index in [9.17, 15) is 4.79 Å². The molecule has 2 heteroatoms. The lowest BCUT2D eigenvalue weighted by Crippen LogP contribution is -2.64. The van der Waals surface area contributed by atoms with Gasteiger partial charge >= 0.3 is 0 Å². The van der Waals surface area contributed by atoms with Crippen LogP contribution in [0, 0.1) is 5.41 Å². The molecule has 14 heavy (non-hydrogen) atoms. The van der Waals surface area contributed by atoms with Crippen molar-refractivity contribution in [1.29, 1.82) is 0 Å². The topological polar surface area (TPSA) is 29.1 Å². The first-order chi connectivity index (χ1) is 6.83. The van der Waals surface area contributed by atoms with Crippen LogP contribution in [0.5, 0.6) is 0 Å². The molecule has 1 amide bonds. The molecule has 1 unspecified atom stereocenters. The van der Waals surface area contributed by atoms with E-state index in [4.69, 9.17) is 0 Å². The fraction of sp³-hybridized carbons (Fsp3) is 0.417. The summed E-state index contributed by atoms with van der Waals surface area (Å²) in [6, 6.07) is 10.6. The molecule has 0 aromatic heterocycles. The van der Waals surface area contributed by atoms with E-state index in [2.05, 4.69) is 17.4 Å². The van der Waals surface area contributed by atoms with E-state index < -0.39 is 0 Å². The molecule has 1 atom stereocenters. The number of benzene rings is 1. The SMILES string of the molecule is O=C1NC(c2ccccc2)C12CCC2. The molecule has 1 aliphatic carbocycles. The van der Waals surface area contributed by atoms with Gasteiger partial charge in [-0.25, -0.2) is 0 Å². The molecule has 1 saturated heterocycles. The Morgan fingerprint density at radius 2 is 1.93 bits per heavy atom. The summed E-state index contributed by atoms with van der Waals surface area (Å²) in [5, 5.41) is 3.01. The van der Waals surface area contributed by atoms with Crippen molar-refractivity contribution in [2.75, 3.05) is 0 Å². The Morgan fingerprint density at radius 1 is 1.21 bits per heavy atom. The highest BCUT2D eigenvalue weighted by Crippen LogP contribution is 2.55. The molecule has 0 radical (unpaired) electrons. The normalized spacial score (nSPS) is 27.7. The molecule has 72 valence electrons. The van der Waals surface area contributed by atoms with Gasteiger partial charge in [0.25, 0.3) is 0 Å². The summed E-state index contributed by atoms with van der Waals surface area (Å²) in [5.41, 5.74) is 1.23. The van der Waals surface area contributed by atoms with E-state index in [1.54, 1.807) is 0 Å². The number of hydrogen-bond donors (Lipinski definition) is 1. The largest absolute Gasteiger partial charge is 0.348 e. The number of hydrogen-bond acceptors (Lipinski definition) is 1. The van der Waals surface area contributed by atoms with Crippen molar-refractivity contribution < 1.29 is 4.79 Å². The van der Waals surface area contributed by atoms with Crippen LogP contribution in [-0.4, -0.2) is 5.91 Å². The second-order valence-corrected chi connectivity index (χ2v) is 4.33. The van der Waals surface area contributed by atoms with Crippen LogP contribution >= 0.6 is 0 Å². The maximum atomic E-state index is 11.5. The Balaban J connectivity index is 1.91. The number of carbonyl (C=O) groups excluding carboxylic acids is 1. The van der Waals surface area contributed by atoms with Crippen LogP contribution in [0.25, 0.3) is 0 Å². The van der Waals surface area contributed by atoms with Crippen molar-refractivity contribution in [3.63, 3.8) is 0 Å². The number of rotatable bonds is 1. The molecule has 1 spiro atoms. The van der Waals surface area contributed by atoms with Crippen LogP contribution in [0.2, 0.25) is 0 Å². The summed E-state index contributed by atoms with van der Waals surface area (Å²) in [6.45, 7) is 0. The zero-order valence-electron chi connectivity index (χ0n) is 7.99. The summed E-state index contributed by atoms with van der Waals surface area (Å²) in [6.07, 6.45) is 3.34. The molecule has 1 saturated carbocycles. The quantitative estimate of drug-likeness (QED) is 0.670. The van der Waals surface area contributed by atoms with Gasteiger partial charge in [0, 0.05) is 0 Å². The smallest absolute Gasteiger partial charge is 0.229 e. The van der Waals surface area contributed by atoms with E-state index in [1.165, 1.54) is 12.0 Å². The standard InChI is InChI=1S/C12H13NO/c14-11-12(7-4-8-12)10(13-11)9-5-2-1-3-6-9/h1-3,5-6,10H,4,7-8H2,(H,13,14). The summed E-state index contributed by atoms with van der Waals surface area (Å²) in [4.78, 5) is 11.5. The summed E-state index contributed by atoms with van der Waals surface area (Å²) < 4.78 is 0. The first kappa shape index (κ1) is 8.04. The molecular weight excluding hydrogens is 174 g/mol. The maximum Gasteiger partial charge on any atom is 0.229 e. The highest BCUT2D eigenvalue weighted by atomic mass is 16.2. The van der Waals surface area contributed by atoms with Crippen LogP contribution < -0.4 is 5.32 Å². The minimum absolute atomic E-state index is 0.0264. The molecule has 1 N–H and O–H groups in total. The van der Waals surface area contributed by atoms with Gasteiger partial charge in [-0.3, -0.25) is 4.79 Å². The highest BCUT2D eigenvalue weighted by molar-refractivity contribution is 5.91. The van der Waals surface area contributed by atoms with Gasteiger partial charge in [0.2, 0.25) is 5.91 Å². The number of amides is 1. The fourth-order valence-electron chi connectivity index (χ4n) is 2.59. The molecule has 3 rings (SSSR count). The second-order valence-electron chi connectivity index (χ2n) is 4.33. The molecule has 2 fully saturated rings. The third-order valence-corrected chi connectivity index (χ3v) is 3.66. The van der Waals surface area contributed by atoms with Crippen LogP contribution in [0.1, 0.15) is 30.9 Å². The maximum absolute atomic E-state index is 11.5. The van der Waals surface area contributed by atoms with Gasteiger partial charge in [0.1, 0.15) is 0 Å². The number of nitrogens with one attached hydrogen (secondary N) is 1. The van der Waals surface area contributed by atoms with Crippen LogP contribution in [-0.2, 0) is 4.79 Å². The molecule has 1 aromatic rings. The monoisotopic (exact) mass is 187 g/mol. The van der Waals surface area contributed by atoms with Crippen LogP contribution in [0.4, 0.5) is 0 Å². The minimum atomic E-state index is -0.0264. The van der Waals surface area contributed by atoms with Crippen molar-refractivity contribution >= 4 is 5.91 Å². The van der Waals surface area contributed by atoms with Crippen molar-refractivity contribution in [2.24, 2.45) is 5.41 Å². The average Bonchev–Trinajstić information content (AvgIpc) is 2.13. The molecule has 1 aliphatic heterocycles. The second kappa shape index (κ2) is 2.59.